The molecular weight excluding hydrogens is 446 g/mol. The number of hydrogen-bond acceptors (Lipinski definition) is 7. The summed E-state index contributed by atoms with van der Waals surface area (Å²) in [6, 6.07) is 10.5. The zero-order valence-electron chi connectivity index (χ0n) is 18.5. The molecule has 0 unspecified atom stereocenters. The van der Waals surface area contributed by atoms with Crippen molar-refractivity contribution in [3.63, 3.8) is 0 Å². The van der Waals surface area contributed by atoms with E-state index in [9.17, 15) is 13.6 Å². The number of benzene rings is 2. The molecule has 0 aliphatic carbocycles. The molecule has 0 saturated carbocycles. The monoisotopic (exact) mass is 468 g/mol. The lowest BCUT2D eigenvalue weighted by atomic mass is 10.1. The molecule has 0 saturated heterocycles. The van der Waals surface area contributed by atoms with Crippen molar-refractivity contribution in [3.05, 3.63) is 59.9 Å². The highest BCUT2D eigenvalue weighted by Gasteiger charge is 2.35. The molecule has 1 aliphatic heterocycles. The number of aromatic nitrogens is 2. The average molecular weight is 468 g/mol. The van der Waals surface area contributed by atoms with Crippen molar-refractivity contribution in [2.24, 2.45) is 4.99 Å². The SMILES string of the molecule is CCOc1cnc2c(n1)N(c1ccc(OC(F)F)cc1)C(=O)N(c1ccc(N)c(C=NC)c1)C2. The van der Waals surface area contributed by atoms with Gasteiger partial charge in [-0.25, -0.2) is 14.7 Å². The minimum absolute atomic E-state index is 0.0310. The van der Waals surface area contributed by atoms with E-state index in [4.69, 9.17) is 10.5 Å². The van der Waals surface area contributed by atoms with Gasteiger partial charge in [-0.15, -0.1) is 0 Å². The molecule has 1 aliphatic rings. The number of fused-ring (bicyclic) bond motifs is 1. The second-order valence-electron chi connectivity index (χ2n) is 7.19. The number of aliphatic imine (C=N–C) groups is 1. The van der Waals surface area contributed by atoms with Gasteiger partial charge in [0.25, 0.3) is 0 Å². The highest BCUT2D eigenvalue weighted by Crippen LogP contribution is 2.37. The Labute approximate surface area is 194 Å². The van der Waals surface area contributed by atoms with Crippen LogP contribution in [0.1, 0.15) is 18.2 Å². The van der Waals surface area contributed by atoms with Crippen LogP contribution in [0, 0.1) is 0 Å². The number of alkyl halides is 2. The minimum Gasteiger partial charge on any atom is -0.477 e. The molecule has 4 rings (SSSR count). The lowest BCUT2D eigenvalue weighted by Gasteiger charge is -2.35. The Bertz CT molecular complexity index is 1220. The van der Waals surface area contributed by atoms with Crippen LogP contribution >= 0.6 is 0 Å². The van der Waals surface area contributed by atoms with Gasteiger partial charge in [0, 0.05) is 30.2 Å². The van der Waals surface area contributed by atoms with Gasteiger partial charge >= 0.3 is 12.6 Å². The molecule has 1 aromatic heterocycles. The number of hydrogen-bond donors (Lipinski definition) is 1. The van der Waals surface area contributed by atoms with Gasteiger partial charge in [-0.1, -0.05) is 0 Å². The summed E-state index contributed by atoms with van der Waals surface area (Å²) in [6.07, 6.45) is 3.10. The van der Waals surface area contributed by atoms with E-state index in [0.29, 0.717) is 40.7 Å². The normalized spacial score (nSPS) is 13.5. The summed E-state index contributed by atoms with van der Waals surface area (Å²) in [5.74, 6) is 0.524. The molecule has 2 heterocycles. The van der Waals surface area contributed by atoms with Gasteiger partial charge in [-0.05, 0) is 49.4 Å². The van der Waals surface area contributed by atoms with Crippen LogP contribution in [0.2, 0.25) is 0 Å². The van der Waals surface area contributed by atoms with Crippen LogP contribution in [0.5, 0.6) is 11.6 Å². The largest absolute Gasteiger partial charge is 0.477 e. The molecule has 0 bridgehead atoms. The summed E-state index contributed by atoms with van der Waals surface area (Å²) < 4.78 is 35.0. The number of nitrogens with two attached hydrogens (primary N) is 1. The van der Waals surface area contributed by atoms with E-state index in [1.54, 1.807) is 31.5 Å². The first-order chi connectivity index (χ1) is 16.4. The number of urea groups is 1. The van der Waals surface area contributed by atoms with E-state index in [-0.39, 0.29) is 18.2 Å². The van der Waals surface area contributed by atoms with Crippen molar-refractivity contribution in [1.29, 1.82) is 0 Å². The van der Waals surface area contributed by atoms with Gasteiger partial charge in [0.2, 0.25) is 5.88 Å². The number of carbonyl (C=O) groups excluding carboxylic acids is 1. The van der Waals surface area contributed by atoms with Crippen LogP contribution in [0.4, 0.5) is 36.5 Å². The number of nitrogen functional groups attached to an aromatic ring is 1. The molecule has 9 nitrogen and oxygen atoms in total. The van der Waals surface area contributed by atoms with Gasteiger partial charge in [-0.2, -0.15) is 13.8 Å². The lowest BCUT2D eigenvalue weighted by molar-refractivity contribution is -0.0498. The Morgan fingerprint density at radius 1 is 1.21 bits per heavy atom. The van der Waals surface area contributed by atoms with Gasteiger partial charge in [0.15, 0.2) is 5.82 Å². The van der Waals surface area contributed by atoms with E-state index < -0.39 is 12.6 Å². The van der Waals surface area contributed by atoms with Crippen LogP contribution in [0.3, 0.4) is 0 Å². The molecule has 2 N–H and O–H groups in total. The lowest BCUT2D eigenvalue weighted by Crippen LogP contribution is -2.45. The molecule has 0 atom stereocenters. The second kappa shape index (κ2) is 9.69. The van der Waals surface area contributed by atoms with Crippen molar-refractivity contribution in [3.8, 4) is 11.6 Å². The number of rotatable bonds is 7. The average Bonchev–Trinajstić information content (AvgIpc) is 2.81. The van der Waals surface area contributed by atoms with Crippen LogP contribution < -0.4 is 25.0 Å². The molecule has 34 heavy (non-hydrogen) atoms. The second-order valence-corrected chi connectivity index (χ2v) is 7.19. The van der Waals surface area contributed by atoms with Crippen LogP contribution in [0.25, 0.3) is 0 Å². The molecular formula is C23H22F2N6O3. The maximum absolute atomic E-state index is 13.7. The zero-order chi connectivity index (χ0) is 24.2. The molecule has 3 aromatic rings. The summed E-state index contributed by atoms with van der Waals surface area (Å²) in [4.78, 5) is 29.5. The maximum Gasteiger partial charge on any atom is 0.387 e. The number of nitrogens with zero attached hydrogens (tertiary/aromatic N) is 5. The predicted molar refractivity (Wildman–Crippen MR) is 124 cm³/mol. The molecule has 2 amide bonds. The van der Waals surface area contributed by atoms with Gasteiger partial charge in [-0.3, -0.25) is 9.89 Å². The summed E-state index contributed by atoms with van der Waals surface area (Å²) in [5, 5.41) is 0. The summed E-state index contributed by atoms with van der Waals surface area (Å²) in [6.45, 7) is -0.611. The Balaban J connectivity index is 1.79. The number of halogens is 2. The Morgan fingerprint density at radius 2 is 1.94 bits per heavy atom. The fourth-order valence-corrected chi connectivity index (χ4v) is 3.52. The van der Waals surface area contributed by atoms with Crippen LogP contribution in [-0.2, 0) is 6.54 Å². The molecule has 0 fully saturated rings. The van der Waals surface area contributed by atoms with E-state index in [2.05, 4.69) is 19.7 Å². The molecule has 176 valence electrons. The van der Waals surface area contributed by atoms with Crippen molar-refractivity contribution in [1.82, 2.24) is 9.97 Å². The zero-order valence-corrected chi connectivity index (χ0v) is 18.5. The van der Waals surface area contributed by atoms with Gasteiger partial charge in [0.05, 0.1) is 25.0 Å². The fraction of sp³-hybridized carbons (Fsp3) is 0.217. The molecule has 11 heteroatoms. The van der Waals surface area contributed by atoms with Crippen LogP contribution in [-0.4, -0.2) is 42.5 Å². The van der Waals surface area contributed by atoms with E-state index in [1.807, 2.05) is 6.92 Å². The summed E-state index contributed by atoms with van der Waals surface area (Å²) >= 11 is 0. The number of amides is 2. The highest BCUT2D eigenvalue weighted by atomic mass is 19.3. The third-order valence-electron chi connectivity index (χ3n) is 5.01. The van der Waals surface area contributed by atoms with E-state index in [1.165, 1.54) is 40.3 Å². The third-order valence-corrected chi connectivity index (χ3v) is 5.01. The van der Waals surface area contributed by atoms with Crippen molar-refractivity contribution in [2.75, 3.05) is 29.2 Å². The van der Waals surface area contributed by atoms with E-state index >= 15 is 0 Å². The topological polar surface area (TPSA) is 106 Å². The smallest absolute Gasteiger partial charge is 0.387 e. The third kappa shape index (κ3) is 4.58. The first-order valence-corrected chi connectivity index (χ1v) is 10.4. The van der Waals surface area contributed by atoms with Gasteiger partial charge in [0.1, 0.15) is 11.4 Å². The quantitative estimate of drug-likeness (QED) is 0.407. The summed E-state index contributed by atoms with van der Waals surface area (Å²) in [7, 11) is 1.63. The standard InChI is InChI=1S/C23H22F2N6O3/c1-3-33-20-12-28-19-13-30(16-6-9-18(26)14(10-16)11-27-2)23(32)31(21(19)29-20)15-4-7-17(8-5-15)34-22(24)25/h4-12,22H,3,13,26H2,1-2H3. The summed E-state index contributed by atoms with van der Waals surface area (Å²) in [5.41, 5.74) is 8.71. The molecule has 0 spiro atoms. The first kappa shape index (κ1) is 22.9. The van der Waals surface area contributed by atoms with E-state index in [0.717, 1.165) is 0 Å². The van der Waals surface area contributed by atoms with Crippen molar-refractivity contribution >= 4 is 35.1 Å². The van der Waals surface area contributed by atoms with Crippen molar-refractivity contribution < 1.29 is 23.0 Å². The Morgan fingerprint density at radius 3 is 2.62 bits per heavy atom. The first-order valence-electron chi connectivity index (χ1n) is 10.4. The Hall–Kier alpha value is -4.28. The molecule has 2 aromatic carbocycles. The number of carbonyl (C=O) groups is 1. The molecule has 0 radical (unpaired) electrons. The van der Waals surface area contributed by atoms with Gasteiger partial charge < -0.3 is 15.2 Å². The van der Waals surface area contributed by atoms with Crippen molar-refractivity contribution in [2.45, 2.75) is 20.1 Å². The van der Waals surface area contributed by atoms with Crippen LogP contribution in [0.15, 0.2) is 53.7 Å². The predicted octanol–water partition coefficient (Wildman–Crippen LogP) is 4.39. The minimum atomic E-state index is -2.95. The number of ether oxygens (including phenoxy) is 2. The fourth-order valence-electron chi connectivity index (χ4n) is 3.52. The maximum atomic E-state index is 13.7. The highest BCUT2D eigenvalue weighted by molar-refractivity contribution is 6.10. The Kier molecular flexibility index (Phi) is 6.53. The number of anilines is 4.